The summed E-state index contributed by atoms with van der Waals surface area (Å²) in [6.07, 6.45) is -2.74. The maximum Gasteiger partial charge on any atom is 0.417 e. The Morgan fingerprint density at radius 2 is 1.46 bits per heavy atom. The number of ether oxygens (including phenoxy) is 1. The second kappa shape index (κ2) is 10.9. The predicted octanol–water partition coefficient (Wildman–Crippen LogP) is 6.81. The molecule has 0 unspecified atom stereocenters. The first-order valence-corrected chi connectivity index (χ1v) is 12.4. The molecule has 8 nitrogen and oxygen atoms in total. The number of nitrogens with zero attached hydrogens (tertiary/aromatic N) is 2. The van der Waals surface area contributed by atoms with Gasteiger partial charge >= 0.3 is 18.2 Å². The summed E-state index contributed by atoms with van der Waals surface area (Å²) < 4.78 is 46.4. The summed E-state index contributed by atoms with van der Waals surface area (Å²) in [5.74, 6) is 0. The quantitative estimate of drug-likeness (QED) is 0.257. The van der Waals surface area contributed by atoms with Crippen LogP contribution in [0.25, 0.3) is 16.6 Å². The van der Waals surface area contributed by atoms with Crippen molar-refractivity contribution in [1.29, 1.82) is 0 Å². The largest absolute Gasteiger partial charge is 0.417 e. The fourth-order valence-electron chi connectivity index (χ4n) is 4.23. The molecule has 12 heteroatoms. The van der Waals surface area contributed by atoms with E-state index in [-0.39, 0.29) is 11.7 Å². The van der Waals surface area contributed by atoms with Gasteiger partial charge in [0.25, 0.3) is 0 Å². The summed E-state index contributed by atoms with van der Waals surface area (Å²) >= 11 is 5.63. The third-order valence-corrected chi connectivity index (χ3v) is 6.50. The first kappa shape index (κ1) is 26.4. The highest BCUT2D eigenvalue weighted by Crippen LogP contribution is 2.36. The first-order chi connectivity index (χ1) is 18.7. The number of morpholine rings is 1. The zero-order valence-electron chi connectivity index (χ0n) is 20.4. The zero-order chi connectivity index (χ0) is 27.6. The minimum absolute atomic E-state index is 0.0415. The number of rotatable bonds is 4. The van der Waals surface area contributed by atoms with E-state index in [2.05, 4.69) is 16.0 Å². The molecule has 202 valence electrons. The van der Waals surface area contributed by atoms with Gasteiger partial charge in [-0.1, -0.05) is 11.6 Å². The molecule has 39 heavy (non-hydrogen) atoms. The third-order valence-electron chi connectivity index (χ3n) is 6.17. The maximum absolute atomic E-state index is 13.1. The molecule has 5 rings (SSSR count). The van der Waals surface area contributed by atoms with Gasteiger partial charge in [-0.3, -0.25) is 0 Å². The number of urea groups is 2. The molecule has 1 fully saturated rings. The van der Waals surface area contributed by atoms with Crippen LogP contribution in [0.15, 0.2) is 72.9 Å². The highest BCUT2D eigenvalue weighted by Gasteiger charge is 2.33. The number of hydrogen-bond acceptors (Lipinski definition) is 3. The van der Waals surface area contributed by atoms with Crippen molar-refractivity contribution >= 4 is 51.6 Å². The van der Waals surface area contributed by atoms with Crippen molar-refractivity contribution in [3.8, 4) is 5.69 Å². The fourth-order valence-corrected chi connectivity index (χ4v) is 4.46. The van der Waals surface area contributed by atoms with Crippen LogP contribution >= 0.6 is 11.6 Å². The average Bonchev–Trinajstić information content (AvgIpc) is 3.33. The van der Waals surface area contributed by atoms with Gasteiger partial charge in [0.05, 0.1) is 29.3 Å². The minimum Gasteiger partial charge on any atom is -0.378 e. The van der Waals surface area contributed by atoms with E-state index in [0.717, 1.165) is 28.7 Å². The molecule has 3 N–H and O–H groups in total. The second-order valence-corrected chi connectivity index (χ2v) is 9.21. The Morgan fingerprint density at radius 1 is 0.821 bits per heavy atom. The number of carbonyl (C=O) groups is 2. The van der Waals surface area contributed by atoms with E-state index in [1.165, 1.54) is 6.07 Å². The molecule has 3 aromatic carbocycles. The van der Waals surface area contributed by atoms with Gasteiger partial charge in [0.2, 0.25) is 0 Å². The predicted molar refractivity (Wildman–Crippen MR) is 144 cm³/mol. The van der Waals surface area contributed by atoms with Crippen molar-refractivity contribution in [3.63, 3.8) is 0 Å². The number of fused-ring (bicyclic) bond motifs is 1. The maximum atomic E-state index is 13.1. The van der Waals surface area contributed by atoms with Gasteiger partial charge in [0.15, 0.2) is 0 Å². The molecule has 0 spiro atoms. The Bertz CT molecular complexity index is 1520. The summed E-state index contributed by atoms with van der Waals surface area (Å²) in [6.45, 7) is 2.16. The molecule has 0 bridgehead atoms. The standard InChI is InChI=1S/C27H23ClF3N5O3/c28-23-7-3-20(16-22(23)27(29,30)31)33-25(37)32-18-1-5-21(6-2-18)36-10-9-17-15-19(4-8-24(17)36)34-26(38)35-11-13-39-14-12-35/h1-10,15-16H,11-14H2,(H,34,38)(H2,32,33,37). The second-order valence-electron chi connectivity index (χ2n) is 8.81. The summed E-state index contributed by atoms with van der Waals surface area (Å²) in [6, 6.07) is 16.8. The normalized spacial score (nSPS) is 13.8. The molecule has 1 aliphatic heterocycles. The van der Waals surface area contributed by atoms with Gasteiger partial charge in [-0.25, -0.2) is 9.59 Å². The van der Waals surface area contributed by atoms with Crippen LogP contribution in [0.5, 0.6) is 0 Å². The van der Waals surface area contributed by atoms with Gasteiger partial charge < -0.3 is 30.2 Å². The van der Waals surface area contributed by atoms with Gasteiger partial charge in [-0.15, -0.1) is 0 Å². The van der Waals surface area contributed by atoms with E-state index in [9.17, 15) is 22.8 Å². The number of amides is 4. The van der Waals surface area contributed by atoms with Crippen molar-refractivity contribution < 1.29 is 27.5 Å². The number of carbonyl (C=O) groups excluding carboxylic acids is 2. The molecule has 0 radical (unpaired) electrons. The van der Waals surface area contributed by atoms with Gasteiger partial charge in [0, 0.05) is 47.4 Å². The van der Waals surface area contributed by atoms with E-state index < -0.39 is 22.8 Å². The van der Waals surface area contributed by atoms with E-state index in [0.29, 0.717) is 37.7 Å². The van der Waals surface area contributed by atoms with Gasteiger partial charge in [-0.05, 0) is 66.7 Å². The van der Waals surface area contributed by atoms with Crippen LogP contribution < -0.4 is 16.0 Å². The van der Waals surface area contributed by atoms with Crippen LogP contribution in [0.3, 0.4) is 0 Å². The molecule has 1 aliphatic rings. The minimum atomic E-state index is -4.64. The van der Waals surface area contributed by atoms with Crippen LogP contribution in [-0.4, -0.2) is 47.8 Å². The smallest absolute Gasteiger partial charge is 0.378 e. The Labute approximate surface area is 226 Å². The highest BCUT2D eigenvalue weighted by atomic mass is 35.5. The number of benzene rings is 3. The fraction of sp³-hybridized carbons (Fsp3) is 0.185. The summed E-state index contributed by atoms with van der Waals surface area (Å²) in [7, 11) is 0. The van der Waals surface area contributed by atoms with E-state index in [1.54, 1.807) is 29.2 Å². The lowest BCUT2D eigenvalue weighted by Gasteiger charge is -2.26. The molecule has 1 saturated heterocycles. The van der Waals surface area contributed by atoms with Crippen molar-refractivity contribution in [2.45, 2.75) is 6.18 Å². The zero-order valence-corrected chi connectivity index (χ0v) is 21.1. The average molecular weight is 558 g/mol. The lowest BCUT2D eigenvalue weighted by Crippen LogP contribution is -2.43. The molecule has 4 aromatic rings. The van der Waals surface area contributed by atoms with Crippen molar-refractivity contribution in [2.75, 3.05) is 42.3 Å². The number of anilines is 3. The lowest BCUT2D eigenvalue weighted by molar-refractivity contribution is -0.137. The Hall–Kier alpha value is -4.22. The summed E-state index contributed by atoms with van der Waals surface area (Å²) in [5, 5.41) is 8.39. The number of alkyl halides is 3. The first-order valence-electron chi connectivity index (χ1n) is 12.0. The Morgan fingerprint density at radius 3 is 2.18 bits per heavy atom. The number of nitrogens with one attached hydrogen (secondary N) is 3. The molecule has 4 amide bonds. The van der Waals surface area contributed by atoms with Crippen LogP contribution in [0.1, 0.15) is 5.56 Å². The van der Waals surface area contributed by atoms with Crippen LogP contribution in [0, 0.1) is 0 Å². The third kappa shape index (κ3) is 6.10. The van der Waals surface area contributed by atoms with Gasteiger partial charge in [-0.2, -0.15) is 13.2 Å². The summed E-state index contributed by atoms with van der Waals surface area (Å²) in [4.78, 5) is 26.5. The number of aromatic nitrogens is 1. The molecule has 0 atom stereocenters. The topological polar surface area (TPSA) is 87.6 Å². The number of halogens is 4. The lowest BCUT2D eigenvalue weighted by atomic mass is 10.2. The van der Waals surface area contributed by atoms with Crippen molar-refractivity contribution in [3.05, 3.63) is 83.5 Å². The Kier molecular flexibility index (Phi) is 7.36. The monoisotopic (exact) mass is 557 g/mol. The Balaban J connectivity index is 1.24. The molecule has 0 aliphatic carbocycles. The van der Waals surface area contributed by atoms with E-state index >= 15 is 0 Å². The van der Waals surface area contributed by atoms with Crippen LogP contribution in [0.2, 0.25) is 5.02 Å². The molecular formula is C27H23ClF3N5O3. The van der Waals surface area contributed by atoms with Gasteiger partial charge in [0.1, 0.15) is 0 Å². The van der Waals surface area contributed by atoms with Crippen molar-refractivity contribution in [1.82, 2.24) is 9.47 Å². The molecule has 2 heterocycles. The molecule has 1 aromatic heterocycles. The van der Waals surface area contributed by atoms with E-state index in [1.807, 2.05) is 35.0 Å². The summed E-state index contributed by atoms with van der Waals surface area (Å²) in [5.41, 5.74) is 1.81. The van der Waals surface area contributed by atoms with Crippen molar-refractivity contribution in [2.24, 2.45) is 0 Å². The highest BCUT2D eigenvalue weighted by molar-refractivity contribution is 6.31. The molecule has 0 saturated carbocycles. The molecular weight excluding hydrogens is 535 g/mol. The SMILES string of the molecule is O=C(Nc1ccc(-n2ccc3cc(NC(=O)N4CCOCC4)ccc32)cc1)Nc1ccc(Cl)c(C(F)(F)F)c1. The van der Waals surface area contributed by atoms with E-state index in [4.69, 9.17) is 16.3 Å². The van der Waals surface area contributed by atoms with Crippen LogP contribution in [0.4, 0.5) is 39.8 Å². The van der Waals surface area contributed by atoms with Crippen LogP contribution in [-0.2, 0) is 10.9 Å². The number of hydrogen-bond donors (Lipinski definition) is 3.